The molecule has 0 radical (unpaired) electrons. The minimum absolute atomic E-state index is 0.0735. The molecular formula is C11H12N2O3S. The zero-order valence-electron chi connectivity index (χ0n) is 9.17. The third kappa shape index (κ3) is 2.31. The summed E-state index contributed by atoms with van der Waals surface area (Å²) < 4.78 is 31.0. The number of sulfonamides is 1. The van der Waals surface area contributed by atoms with E-state index in [1.54, 1.807) is 12.1 Å². The average molecular weight is 252 g/mol. The van der Waals surface area contributed by atoms with Crippen LogP contribution >= 0.6 is 0 Å². The summed E-state index contributed by atoms with van der Waals surface area (Å²) in [5.74, 6) is 0. The van der Waals surface area contributed by atoms with Gasteiger partial charge in [-0.2, -0.15) is 9.57 Å². The molecule has 90 valence electrons. The van der Waals surface area contributed by atoms with Gasteiger partial charge in [0.05, 0.1) is 23.7 Å². The van der Waals surface area contributed by atoms with E-state index in [1.807, 2.05) is 6.07 Å². The Morgan fingerprint density at radius 1 is 1.24 bits per heavy atom. The summed E-state index contributed by atoms with van der Waals surface area (Å²) in [7, 11) is -3.57. The van der Waals surface area contributed by atoms with E-state index in [9.17, 15) is 8.42 Å². The summed E-state index contributed by atoms with van der Waals surface area (Å²) in [5.41, 5.74) is 0.180. The van der Waals surface area contributed by atoms with Gasteiger partial charge in [0.25, 0.3) is 0 Å². The van der Waals surface area contributed by atoms with Gasteiger partial charge in [0, 0.05) is 13.1 Å². The highest BCUT2D eigenvalue weighted by atomic mass is 32.2. The molecule has 1 aromatic rings. The van der Waals surface area contributed by atoms with Crippen molar-refractivity contribution in [1.82, 2.24) is 4.31 Å². The van der Waals surface area contributed by atoms with Crippen LogP contribution in [0.3, 0.4) is 0 Å². The van der Waals surface area contributed by atoms with Crippen molar-refractivity contribution in [3.63, 3.8) is 0 Å². The molecule has 0 spiro atoms. The molecule has 0 unspecified atom stereocenters. The molecule has 0 bridgehead atoms. The Kier molecular flexibility index (Phi) is 3.43. The van der Waals surface area contributed by atoms with Gasteiger partial charge in [0.1, 0.15) is 6.07 Å². The predicted molar refractivity (Wildman–Crippen MR) is 60.7 cm³/mol. The van der Waals surface area contributed by atoms with Gasteiger partial charge in [0.15, 0.2) is 0 Å². The van der Waals surface area contributed by atoms with Crippen LogP contribution in [0.5, 0.6) is 0 Å². The largest absolute Gasteiger partial charge is 0.379 e. The summed E-state index contributed by atoms with van der Waals surface area (Å²) in [6.45, 7) is 1.46. The van der Waals surface area contributed by atoms with Gasteiger partial charge < -0.3 is 4.74 Å². The van der Waals surface area contributed by atoms with Crippen LogP contribution in [-0.2, 0) is 14.8 Å². The number of nitriles is 1. The molecule has 2 rings (SSSR count). The maximum Gasteiger partial charge on any atom is 0.244 e. The second-order valence-electron chi connectivity index (χ2n) is 3.62. The molecule has 1 aliphatic heterocycles. The van der Waals surface area contributed by atoms with Crippen molar-refractivity contribution in [2.24, 2.45) is 0 Å². The van der Waals surface area contributed by atoms with E-state index in [2.05, 4.69) is 0 Å². The Morgan fingerprint density at radius 2 is 1.88 bits per heavy atom. The predicted octanol–water partition coefficient (Wildman–Crippen LogP) is 0.579. The van der Waals surface area contributed by atoms with E-state index >= 15 is 0 Å². The fraction of sp³-hybridized carbons (Fsp3) is 0.364. The van der Waals surface area contributed by atoms with Gasteiger partial charge in [-0.3, -0.25) is 0 Å². The summed E-state index contributed by atoms with van der Waals surface area (Å²) in [4.78, 5) is 0.0735. The average Bonchev–Trinajstić information content (AvgIpc) is 2.39. The lowest BCUT2D eigenvalue weighted by Gasteiger charge is -2.26. The molecule has 0 N–H and O–H groups in total. The molecule has 6 heteroatoms. The SMILES string of the molecule is N#Cc1ccccc1S(=O)(=O)N1CCOCC1. The Morgan fingerprint density at radius 3 is 2.53 bits per heavy atom. The van der Waals surface area contributed by atoms with Gasteiger partial charge in [-0.25, -0.2) is 8.42 Å². The molecule has 5 nitrogen and oxygen atoms in total. The Hall–Kier alpha value is -1.42. The normalized spacial score (nSPS) is 17.6. The quantitative estimate of drug-likeness (QED) is 0.772. The maximum absolute atomic E-state index is 12.3. The molecular weight excluding hydrogens is 240 g/mol. The summed E-state index contributed by atoms with van der Waals surface area (Å²) in [5, 5.41) is 8.92. The highest BCUT2D eigenvalue weighted by Crippen LogP contribution is 2.20. The minimum Gasteiger partial charge on any atom is -0.379 e. The highest BCUT2D eigenvalue weighted by Gasteiger charge is 2.28. The molecule has 0 amide bonds. The van der Waals surface area contributed by atoms with Gasteiger partial charge >= 0.3 is 0 Å². The van der Waals surface area contributed by atoms with E-state index in [4.69, 9.17) is 10.00 Å². The van der Waals surface area contributed by atoms with E-state index in [0.717, 1.165) is 0 Å². The monoisotopic (exact) mass is 252 g/mol. The van der Waals surface area contributed by atoms with Crippen LogP contribution in [0.15, 0.2) is 29.2 Å². The molecule has 17 heavy (non-hydrogen) atoms. The van der Waals surface area contributed by atoms with Crippen LogP contribution in [0.25, 0.3) is 0 Å². The van der Waals surface area contributed by atoms with Crippen LogP contribution in [0.4, 0.5) is 0 Å². The Labute approximate surface area is 100 Å². The zero-order chi connectivity index (χ0) is 12.3. The molecule has 0 atom stereocenters. The van der Waals surface area contributed by atoms with Gasteiger partial charge in [-0.15, -0.1) is 0 Å². The van der Waals surface area contributed by atoms with Gasteiger partial charge in [-0.05, 0) is 12.1 Å². The second-order valence-corrected chi connectivity index (χ2v) is 5.53. The van der Waals surface area contributed by atoms with E-state index < -0.39 is 10.0 Å². The van der Waals surface area contributed by atoms with Gasteiger partial charge in [-0.1, -0.05) is 12.1 Å². The number of rotatable bonds is 2. The third-order valence-corrected chi connectivity index (χ3v) is 4.55. The number of nitrogens with zero attached hydrogens (tertiary/aromatic N) is 2. The van der Waals surface area contributed by atoms with Gasteiger partial charge in [0.2, 0.25) is 10.0 Å². The number of hydrogen-bond donors (Lipinski definition) is 0. The molecule has 1 aromatic carbocycles. The van der Waals surface area contributed by atoms with Crippen LogP contribution in [0, 0.1) is 11.3 Å². The standard InChI is InChI=1S/C11H12N2O3S/c12-9-10-3-1-2-4-11(10)17(14,15)13-5-7-16-8-6-13/h1-4H,5-8H2. The van der Waals surface area contributed by atoms with Crippen molar-refractivity contribution >= 4 is 10.0 Å². The first-order valence-electron chi connectivity index (χ1n) is 5.23. The van der Waals surface area contributed by atoms with Crippen LogP contribution in [0.2, 0.25) is 0 Å². The van der Waals surface area contributed by atoms with E-state index in [1.165, 1.54) is 16.4 Å². The Bertz CT molecular complexity index is 542. The van der Waals surface area contributed by atoms with E-state index in [-0.39, 0.29) is 10.5 Å². The van der Waals surface area contributed by atoms with Crippen molar-refractivity contribution in [3.8, 4) is 6.07 Å². The third-order valence-electron chi connectivity index (χ3n) is 2.60. The van der Waals surface area contributed by atoms with Crippen molar-refractivity contribution in [2.45, 2.75) is 4.90 Å². The lowest BCUT2D eigenvalue weighted by molar-refractivity contribution is 0.0730. The lowest BCUT2D eigenvalue weighted by Crippen LogP contribution is -2.40. The molecule has 1 saturated heterocycles. The molecule has 1 fully saturated rings. The van der Waals surface area contributed by atoms with Crippen molar-refractivity contribution in [3.05, 3.63) is 29.8 Å². The fourth-order valence-corrected chi connectivity index (χ4v) is 3.26. The number of morpholine rings is 1. The molecule has 1 aliphatic rings. The number of benzene rings is 1. The Balaban J connectivity index is 2.41. The summed E-state index contributed by atoms with van der Waals surface area (Å²) >= 11 is 0. The van der Waals surface area contributed by atoms with Crippen LogP contribution in [-0.4, -0.2) is 39.0 Å². The van der Waals surface area contributed by atoms with Crippen LogP contribution < -0.4 is 0 Å². The first kappa shape index (κ1) is 12.0. The fourth-order valence-electron chi connectivity index (χ4n) is 1.71. The second kappa shape index (κ2) is 4.84. The maximum atomic E-state index is 12.3. The van der Waals surface area contributed by atoms with E-state index in [0.29, 0.717) is 26.3 Å². The van der Waals surface area contributed by atoms with Crippen LogP contribution in [0.1, 0.15) is 5.56 Å². The zero-order valence-corrected chi connectivity index (χ0v) is 9.98. The first-order chi connectivity index (χ1) is 8.16. The smallest absolute Gasteiger partial charge is 0.244 e. The molecule has 0 aliphatic carbocycles. The summed E-state index contributed by atoms with van der Waals surface area (Å²) in [6, 6.07) is 8.14. The highest BCUT2D eigenvalue weighted by molar-refractivity contribution is 7.89. The van der Waals surface area contributed by atoms with Crippen molar-refractivity contribution in [1.29, 1.82) is 5.26 Å². The minimum atomic E-state index is -3.57. The summed E-state index contributed by atoms with van der Waals surface area (Å²) in [6.07, 6.45) is 0. The lowest BCUT2D eigenvalue weighted by atomic mass is 10.2. The number of hydrogen-bond acceptors (Lipinski definition) is 4. The molecule has 0 saturated carbocycles. The van der Waals surface area contributed by atoms with Crippen molar-refractivity contribution in [2.75, 3.05) is 26.3 Å². The molecule has 0 aromatic heterocycles. The number of ether oxygens (including phenoxy) is 1. The molecule has 1 heterocycles. The first-order valence-corrected chi connectivity index (χ1v) is 6.67. The topological polar surface area (TPSA) is 70.4 Å². The van der Waals surface area contributed by atoms with Crippen molar-refractivity contribution < 1.29 is 13.2 Å².